The van der Waals surface area contributed by atoms with Crippen molar-refractivity contribution in [2.45, 2.75) is 38.3 Å². The number of para-hydroxylation sites is 1. The minimum atomic E-state index is -4.51. The molecule has 0 saturated carbocycles. The zero-order valence-electron chi connectivity index (χ0n) is 21.5. The SMILES string of the molecule is COC(=O)c1ccccc1OP(=O)(N[C@@H](C)C(=O)OC)OC[C@H]1O[C@@H](n2ccc(N)nc2=O)[C@](C)(C#N)[C@@H]1O. The van der Waals surface area contributed by atoms with E-state index in [0.29, 0.717) is 0 Å². The van der Waals surface area contributed by atoms with Crippen LogP contribution in [0.15, 0.2) is 41.3 Å². The number of nitriles is 1. The number of nitrogens with two attached hydrogens (primary N) is 1. The van der Waals surface area contributed by atoms with E-state index in [2.05, 4.69) is 14.8 Å². The molecule has 1 saturated heterocycles. The highest BCUT2D eigenvalue weighted by Crippen LogP contribution is 2.49. The first-order valence-electron chi connectivity index (χ1n) is 11.5. The van der Waals surface area contributed by atoms with Crippen LogP contribution in [-0.2, 0) is 28.1 Å². The third-order valence-electron chi connectivity index (χ3n) is 5.95. The van der Waals surface area contributed by atoms with Gasteiger partial charge in [-0.1, -0.05) is 12.1 Å². The van der Waals surface area contributed by atoms with Crippen LogP contribution in [-0.4, -0.2) is 65.7 Å². The molecular weight excluding hydrogens is 537 g/mol. The predicted octanol–water partition coefficient (Wildman–Crippen LogP) is 0.755. The van der Waals surface area contributed by atoms with Gasteiger partial charge in [0.15, 0.2) is 6.23 Å². The van der Waals surface area contributed by atoms with Gasteiger partial charge in [-0.15, -0.1) is 0 Å². The highest BCUT2D eigenvalue weighted by Gasteiger charge is 2.55. The van der Waals surface area contributed by atoms with Gasteiger partial charge in [-0.05, 0) is 32.0 Å². The van der Waals surface area contributed by atoms with E-state index < -0.39 is 61.9 Å². The Morgan fingerprint density at radius 3 is 2.64 bits per heavy atom. The summed E-state index contributed by atoms with van der Waals surface area (Å²) in [5, 5.41) is 23.2. The number of aliphatic hydroxyl groups excluding tert-OH is 1. The smallest absolute Gasteiger partial charge is 0.459 e. The van der Waals surface area contributed by atoms with Crippen LogP contribution in [0.5, 0.6) is 5.75 Å². The van der Waals surface area contributed by atoms with Crippen LogP contribution >= 0.6 is 7.75 Å². The third kappa shape index (κ3) is 6.27. The van der Waals surface area contributed by atoms with Crippen molar-refractivity contribution in [2.24, 2.45) is 5.41 Å². The molecule has 0 aliphatic carbocycles. The first-order chi connectivity index (χ1) is 18.4. The number of rotatable bonds is 10. The van der Waals surface area contributed by atoms with Crippen molar-refractivity contribution in [3.05, 3.63) is 52.6 Å². The van der Waals surface area contributed by atoms with Gasteiger partial charge in [-0.2, -0.15) is 15.3 Å². The predicted molar refractivity (Wildman–Crippen MR) is 133 cm³/mol. The number of anilines is 1. The number of nitrogen functional groups attached to an aromatic ring is 1. The van der Waals surface area contributed by atoms with Crippen molar-refractivity contribution >= 4 is 25.5 Å². The van der Waals surface area contributed by atoms with Crippen molar-refractivity contribution in [2.75, 3.05) is 26.6 Å². The molecule has 1 aromatic carbocycles. The molecule has 1 aliphatic rings. The molecule has 1 aromatic heterocycles. The van der Waals surface area contributed by atoms with E-state index in [9.17, 15) is 29.3 Å². The zero-order chi connectivity index (χ0) is 29.0. The summed E-state index contributed by atoms with van der Waals surface area (Å²) < 4.78 is 41.1. The van der Waals surface area contributed by atoms with Gasteiger partial charge in [0.2, 0.25) is 0 Å². The number of esters is 2. The van der Waals surface area contributed by atoms with Crippen molar-refractivity contribution < 1.29 is 42.5 Å². The molecule has 6 atom stereocenters. The second-order valence-corrected chi connectivity index (χ2v) is 10.3. The van der Waals surface area contributed by atoms with Crippen LogP contribution in [0.25, 0.3) is 0 Å². The molecule has 2 heterocycles. The van der Waals surface area contributed by atoms with E-state index in [0.717, 1.165) is 18.8 Å². The number of ether oxygens (including phenoxy) is 3. The number of methoxy groups -OCH3 is 2. The van der Waals surface area contributed by atoms with Gasteiger partial charge in [-0.25, -0.2) is 14.2 Å². The van der Waals surface area contributed by atoms with Gasteiger partial charge < -0.3 is 29.6 Å². The lowest BCUT2D eigenvalue weighted by Gasteiger charge is -2.26. The molecule has 1 aliphatic heterocycles. The summed E-state index contributed by atoms with van der Waals surface area (Å²) in [7, 11) is -2.24. The van der Waals surface area contributed by atoms with E-state index >= 15 is 0 Å². The number of benzene rings is 1. The van der Waals surface area contributed by atoms with Crippen LogP contribution in [0.1, 0.15) is 30.4 Å². The molecule has 15 nitrogen and oxygen atoms in total. The molecule has 1 fully saturated rings. The van der Waals surface area contributed by atoms with E-state index in [4.69, 9.17) is 24.3 Å². The van der Waals surface area contributed by atoms with E-state index in [1.54, 1.807) is 0 Å². The van der Waals surface area contributed by atoms with Crippen LogP contribution in [0.3, 0.4) is 0 Å². The number of nitrogens with one attached hydrogen (secondary N) is 1. The molecule has 0 radical (unpaired) electrons. The monoisotopic (exact) mass is 565 g/mol. The summed E-state index contributed by atoms with van der Waals surface area (Å²) in [6, 6.07) is 7.79. The van der Waals surface area contributed by atoms with Crippen LogP contribution in [0.4, 0.5) is 5.82 Å². The molecule has 210 valence electrons. The van der Waals surface area contributed by atoms with Gasteiger partial charge in [-0.3, -0.25) is 13.9 Å². The number of aromatic nitrogens is 2. The molecule has 3 rings (SSSR count). The average molecular weight is 565 g/mol. The Labute approximate surface area is 223 Å². The standard InChI is InChI=1S/C23H28N5O10P/c1-13(19(30)34-3)27-39(33,38-15-8-6-5-7-14(15)20(31)35-4)36-11-16-18(29)23(2,12-24)21(37-16)28-10-9-17(25)26-22(28)32/h5-10,13,16,18,21,29H,11H2,1-4H3,(H,27,33)(H2,25,26,32)/t13-,16+,18+,21+,23+,39?/m0/s1. The number of carbonyl (C=O) groups is 2. The van der Waals surface area contributed by atoms with Gasteiger partial charge in [0.1, 0.15) is 40.8 Å². The summed E-state index contributed by atoms with van der Waals surface area (Å²) in [6.07, 6.45) is -2.88. The Morgan fingerprint density at radius 2 is 2.03 bits per heavy atom. The Bertz CT molecular complexity index is 1380. The Balaban J connectivity index is 1.91. The van der Waals surface area contributed by atoms with Gasteiger partial charge in [0, 0.05) is 6.20 Å². The molecule has 0 bridgehead atoms. The average Bonchev–Trinajstić information content (AvgIpc) is 3.16. The zero-order valence-corrected chi connectivity index (χ0v) is 22.4. The number of hydrogen-bond acceptors (Lipinski definition) is 13. The lowest BCUT2D eigenvalue weighted by molar-refractivity contribution is -0.142. The lowest BCUT2D eigenvalue weighted by Crippen LogP contribution is -2.40. The molecule has 4 N–H and O–H groups in total. The van der Waals surface area contributed by atoms with E-state index in [1.807, 2.05) is 6.07 Å². The fraction of sp³-hybridized carbons (Fsp3) is 0.435. The number of nitrogens with zero attached hydrogens (tertiary/aromatic N) is 3. The number of carbonyl (C=O) groups excluding carboxylic acids is 2. The molecule has 16 heteroatoms. The quantitative estimate of drug-likeness (QED) is 0.268. The minimum Gasteiger partial charge on any atom is -0.468 e. The topological polar surface area (TPSA) is 214 Å². The van der Waals surface area contributed by atoms with Crippen molar-refractivity contribution in [1.29, 1.82) is 5.26 Å². The Hall–Kier alpha value is -3.80. The second kappa shape index (κ2) is 11.9. The van der Waals surface area contributed by atoms with Crippen molar-refractivity contribution in [3.8, 4) is 11.8 Å². The highest BCUT2D eigenvalue weighted by molar-refractivity contribution is 7.52. The molecule has 39 heavy (non-hydrogen) atoms. The first kappa shape index (κ1) is 29.8. The highest BCUT2D eigenvalue weighted by atomic mass is 31.2. The minimum absolute atomic E-state index is 0.0514. The molecule has 0 amide bonds. The van der Waals surface area contributed by atoms with E-state index in [-0.39, 0.29) is 17.1 Å². The maximum atomic E-state index is 13.8. The summed E-state index contributed by atoms with van der Waals surface area (Å²) in [5.74, 6) is -1.83. The first-order valence-corrected chi connectivity index (χ1v) is 13.0. The van der Waals surface area contributed by atoms with E-state index in [1.165, 1.54) is 50.4 Å². The van der Waals surface area contributed by atoms with Crippen LogP contribution in [0, 0.1) is 16.7 Å². The maximum absolute atomic E-state index is 13.8. The third-order valence-corrected chi connectivity index (χ3v) is 7.58. The van der Waals surface area contributed by atoms with Gasteiger partial charge in [0.25, 0.3) is 0 Å². The molecule has 0 spiro atoms. The maximum Gasteiger partial charge on any atom is 0.459 e. The van der Waals surface area contributed by atoms with Gasteiger partial charge in [0.05, 0.1) is 26.9 Å². The van der Waals surface area contributed by atoms with Crippen LogP contribution in [0.2, 0.25) is 0 Å². The fourth-order valence-electron chi connectivity index (χ4n) is 3.81. The summed E-state index contributed by atoms with van der Waals surface area (Å²) in [4.78, 5) is 40.2. The Morgan fingerprint density at radius 1 is 1.33 bits per heavy atom. The van der Waals surface area contributed by atoms with Gasteiger partial charge >= 0.3 is 25.4 Å². The summed E-state index contributed by atoms with van der Waals surface area (Å²) >= 11 is 0. The number of hydrogen-bond donors (Lipinski definition) is 3. The Kier molecular flexibility index (Phi) is 9.10. The molecule has 2 aromatic rings. The molecular formula is C23H28N5O10P. The second-order valence-electron chi connectivity index (χ2n) is 8.65. The number of aliphatic hydroxyl groups is 1. The molecule has 1 unspecified atom stereocenters. The van der Waals surface area contributed by atoms with Crippen molar-refractivity contribution in [1.82, 2.24) is 14.6 Å². The summed E-state index contributed by atoms with van der Waals surface area (Å²) in [5.41, 5.74) is 2.97. The normalized spacial score (nSPS) is 24.7. The largest absolute Gasteiger partial charge is 0.468 e. The fourth-order valence-corrected chi connectivity index (χ4v) is 5.33. The van der Waals surface area contributed by atoms with Crippen molar-refractivity contribution in [3.63, 3.8) is 0 Å². The summed E-state index contributed by atoms with van der Waals surface area (Å²) in [6.45, 7) is 2.07. The van der Waals surface area contributed by atoms with Crippen LogP contribution < -0.4 is 21.0 Å². The lowest BCUT2D eigenvalue weighted by atomic mass is 9.84.